The molecule has 1 N–H and O–H groups in total. The second-order valence-electron chi connectivity index (χ2n) is 5.63. The highest BCUT2D eigenvalue weighted by Gasteiger charge is 2.19. The second kappa shape index (κ2) is 6.63. The van der Waals surface area contributed by atoms with Crippen LogP contribution in [-0.2, 0) is 10.0 Å². The molecule has 24 heavy (non-hydrogen) atoms. The molecule has 3 aromatic rings. The zero-order valence-electron chi connectivity index (χ0n) is 13.6. The Morgan fingerprint density at radius 3 is 2.42 bits per heavy atom. The van der Waals surface area contributed by atoms with Gasteiger partial charge in [-0.15, -0.1) is 0 Å². The van der Waals surface area contributed by atoms with E-state index in [-0.39, 0.29) is 10.9 Å². The van der Waals surface area contributed by atoms with E-state index in [1.54, 1.807) is 19.2 Å². The normalized spacial score (nSPS) is 12.9. The fourth-order valence-corrected chi connectivity index (χ4v) is 3.88. The molecule has 0 fully saturated rings. The van der Waals surface area contributed by atoms with Crippen LogP contribution in [0.5, 0.6) is 5.75 Å². The fraction of sp³-hybridized carbons (Fsp3) is 0.158. The molecule has 0 aliphatic carbocycles. The van der Waals surface area contributed by atoms with E-state index in [4.69, 9.17) is 4.74 Å². The molecule has 0 aromatic heterocycles. The van der Waals surface area contributed by atoms with Crippen LogP contribution in [0.4, 0.5) is 0 Å². The highest BCUT2D eigenvalue weighted by molar-refractivity contribution is 7.89. The van der Waals surface area contributed by atoms with E-state index in [0.717, 1.165) is 16.3 Å². The lowest BCUT2D eigenvalue weighted by atomic mass is 10.1. The molecule has 124 valence electrons. The molecule has 0 radical (unpaired) electrons. The number of hydrogen-bond donors (Lipinski definition) is 1. The predicted molar refractivity (Wildman–Crippen MR) is 95.7 cm³/mol. The summed E-state index contributed by atoms with van der Waals surface area (Å²) < 4.78 is 33.3. The molecule has 3 aromatic carbocycles. The average molecular weight is 341 g/mol. The van der Waals surface area contributed by atoms with Crippen LogP contribution in [0, 0.1) is 0 Å². The molecule has 0 aliphatic rings. The van der Waals surface area contributed by atoms with Crippen molar-refractivity contribution >= 4 is 20.8 Å². The highest BCUT2D eigenvalue weighted by atomic mass is 32.2. The SMILES string of the molecule is COc1cccc(C(C)NS(=O)(=O)c2ccc3ccccc3c2)c1. The minimum absolute atomic E-state index is 0.260. The maximum absolute atomic E-state index is 12.7. The Morgan fingerprint density at radius 1 is 0.917 bits per heavy atom. The smallest absolute Gasteiger partial charge is 0.241 e. The molecular weight excluding hydrogens is 322 g/mol. The van der Waals surface area contributed by atoms with Gasteiger partial charge in [0.25, 0.3) is 0 Å². The van der Waals surface area contributed by atoms with Crippen molar-refractivity contribution in [2.75, 3.05) is 7.11 Å². The summed E-state index contributed by atoms with van der Waals surface area (Å²) in [5, 5.41) is 1.91. The van der Waals surface area contributed by atoms with Crippen LogP contribution in [0.25, 0.3) is 10.8 Å². The van der Waals surface area contributed by atoms with Gasteiger partial charge in [0.1, 0.15) is 5.75 Å². The Balaban J connectivity index is 1.88. The Bertz CT molecular complexity index is 967. The van der Waals surface area contributed by atoms with Crippen LogP contribution in [0.2, 0.25) is 0 Å². The summed E-state index contributed by atoms with van der Waals surface area (Å²) in [5.74, 6) is 0.698. The molecule has 1 unspecified atom stereocenters. The Hall–Kier alpha value is -2.37. The molecule has 0 spiro atoms. The largest absolute Gasteiger partial charge is 0.497 e. The van der Waals surface area contributed by atoms with Gasteiger partial charge >= 0.3 is 0 Å². The first kappa shape index (κ1) is 16.5. The van der Waals surface area contributed by atoms with Crippen LogP contribution < -0.4 is 9.46 Å². The maximum atomic E-state index is 12.7. The Morgan fingerprint density at radius 2 is 1.67 bits per heavy atom. The van der Waals surface area contributed by atoms with Gasteiger partial charge in [-0.05, 0) is 47.5 Å². The number of benzene rings is 3. The van der Waals surface area contributed by atoms with Gasteiger partial charge in [0.2, 0.25) is 10.0 Å². The molecule has 3 rings (SSSR count). The summed E-state index contributed by atoms with van der Waals surface area (Å²) in [4.78, 5) is 0.260. The first-order valence-electron chi connectivity index (χ1n) is 7.65. The lowest BCUT2D eigenvalue weighted by molar-refractivity contribution is 0.413. The number of nitrogens with one attached hydrogen (secondary N) is 1. The van der Waals surface area contributed by atoms with Crippen LogP contribution in [0.15, 0.2) is 71.6 Å². The standard InChI is InChI=1S/C19H19NO3S/c1-14(16-8-5-9-18(12-16)23-2)20-24(21,22)19-11-10-15-6-3-4-7-17(15)13-19/h3-14,20H,1-2H3. The van der Waals surface area contributed by atoms with Crippen LogP contribution >= 0.6 is 0 Å². The fourth-order valence-electron chi connectivity index (χ4n) is 2.61. The van der Waals surface area contributed by atoms with E-state index >= 15 is 0 Å². The quantitative estimate of drug-likeness (QED) is 0.766. The summed E-state index contributed by atoms with van der Waals surface area (Å²) in [6, 6.07) is 19.8. The van der Waals surface area contributed by atoms with E-state index < -0.39 is 10.0 Å². The van der Waals surface area contributed by atoms with Gasteiger partial charge in [-0.2, -0.15) is 0 Å². The van der Waals surface area contributed by atoms with Gasteiger partial charge in [0.15, 0.2) is 0 Å². The van der Waals surface area contributed by atoms with Crippen molar-refractivity contribution in [2.45, 2.75) is 17.9 Å². The van der Waals surface area contributed by atoms with Crippen molar-refractivity contribution in [2.24, 2.45) is 0 Å². The van der Waals surface area contributed by atoms with E-state index in [0.29, 0.717) is 5.75 Å². The summed E-state index contributed by atoms with van der Waals surface area (Å²) in [5.41, 5.74) is 0.846. The lowest BCUT2D eigenvalue weighted by Gasteiger charge is -2.16. The molecule has 0 heterocycles. The molecule has 5 heteroatoms. The summed E-state index contributed by atoms with van der Waals surface area (Å²) in [7, 11) is -2.02. The van der Waals surface area contributed by atoms with Crippen molar-refractivity contribution in [3.63, 3.8) is 0 Å². The molecule has 4 nitrogen and oxygen atoms in total. The third-order valence-corrected chi connectivity index (χ3v) is 5.50. The highest BCUT2D eigenvalue weighted by Crippen LogP contribution is 2.23. The zero-order valence-corrected chi connectivity index (χ0v) is 14.4. The number of sulfonamides is 1. The van der Waals surface area contributed by atoms with Gasteiger partial charge in [0.05, 0.1) is 12.0 Å². The van der Waals surface area contributed by atoms with Gasteiger partial charge < -0.3 is 4.74 Å². The number of ether oxygens (including phenoxy) is 1. The van der Waals surface area contributed by atoms with Crippen molar-refractivity contribution in [3.05, 3.63) is 72.3 Å². The van der Waals surface area contributed by atoms with Crippen molar-refractivity contribution in [3.8, 4) is 5.75 Å². The summed E-state index contributed by atoms with van der Waals surface area (Å²) in [6.45, 7) is 1.81. The van der Waals surface area contributed by atoms with E-state index in [2.05, 4.69) is 4.72 Å². The Kier molecular flexibility index (Phi) is 4.55. The third kappa shape index (κ3) is 3.42. The van der Waals surface area contributed by atoms with Crippen molar-refractivity contribution < 1.29 is 13.2 Å². The second-order valence-corrected chi connectivity index (χ2v) is 7.34. The van der Waals surface area contributed by atoms with E-state index in [1.807, 2.05) is 61.5 Å². The van der Waals surface area contributed by atoms with Gasteiger partial charge in [-0.1, -0.05) is 42.5 Å². The lowest BCUT2D eigenvalue weighted by Crippen LogP contribution is -2.26. The molecular formula is C19H19NO3S. The van der Waals surface area contributed by atoms with Gasteiger partial charge in [0, 0.05) is 6.04 Å². The maximum Gasteiger partial charge on any atom is 0.241 e. The number of hydrogen-bond acceptors (Lipinski definition) is 3. The minimum atomic E-state index is -3.61. The first-order valence-corrected chi connectivity index (χ1v) is 9.13. The first-order chi connectivity index (χ1) is 11.5. The minimum Gasteiger partial charge on any atom is -0.497 e. The number of methoxy groups -OCH3 is 1. The third-order valence-electron chi connectivity index (χ3n) is 3.96. The molecule has 0 saturated heterocycles. The summed E-state index contributed by atoms with van der Waals surface area (Å²) in [6.07, 6.45) is 0. The van der Waals surface area contributed by atoms with Crippen LogP contribution in [-0.4, -0.2) is 15.5 Å². The predicted octanol–water partition coefficient (Wildman–Crippen LogP) is 3.89. The Labute approximate surface area is 142 Å². The molecule has 1 atom stereocenters. The number of fused-ring (bicyclic) bond motifs is 1. The van der Waals surface area contributed by atoms with Gasteiger partial charge in [-0.25, -0.2) is 13.1 Å². The average Bonchev–Trinajstić information content (AvgIpc) is 2.61. The summed E-state index contributed by atoms with van der Waals surface area (Å²) >= 11 is 0. The van der Waals surface area contributed by atoms with Crippen molar-refractivity contribution in [1.82, 2.24) is 4.72 Å². The molecule has 0 saturated carbocycles. The molecule has 0 bridgehead atoms. The van der Waals surface area contributed by atoms with E-state index in [1.165, 1.54) is 0 Å². The monoisotopic (exact) mass is 341 g/mol. The van der Waals surface area contributed by atoms with Gasteiger partial charge in [-0.3, -0.25) is 0 Å². The molecule has 0 aliphatic heterocycles. The molecule has 0 amide bonds. The van der Waals surface area contributed by atoms with E-state index in [9.17, 15) is 8.42 Å². The van der Waals surface area contributed by atoms with Crippen LogP contribution in [0.1, 0.15) is 18.5 Å². The topological polar surface area (TPSA) is 55.4 Å². The van der Waals surface area contributed by atoms with Crippen LogP contribution in [0.3, 0.4) is 0 Å². The number of rotatable bonds is 5. The zero-order chi connectivity index (χ0) is 17.2. The van der Waals surface area contributed by atoms with Crippen molar-refractivity contribution in [1.29, 1.82) is 0 Å².